The number of hydrogen-bond acceptors (Lipinski definition) is 3. The van der Waals surface area contributed by atoms with Crippen molar-refractivity contribution < 1.29 is 4.74 Å². The molecule has 1 heterocycles. The molecule has 2 fully saturated rings. The molecule has 0 aliphatic heterocycles. The molecule has 3 heteroatoms. The molecule has 104 valence electrons. The van der Waals surface area contributed by atoms with Crippen molar-refractivity contribution in [2.75, 3.05) is 0 Å². The average molecular weight is 260 g/mol. The third-order valence-corrected chi connectivity index (χ3v) is 4.09. The molecule has 1 N–H and O–H groups in total. The molecule has 1 aromatic rings. The van der Waals surface area contributed by atoms with Crippen LogP contribution in [0.4, 0.5) is 0 Å². The van der Waals surface area contributed by atoms with Crippen LogP contribution in [0.1, 0.15) is 56.9 Å². The second-order valence-corrected chi connectivity index (χ2v) is 5.85. The summed E-state index contributed by atoms with van der Waals surface area (Å²) in [6.07, 6.45) is 12.5. The van der Waals surface area contributed by atoms with Gasteiger partial charge in [-0.15, -0.1) is 0 Å². The van der Waals surface area contributed by atoms with Crippen molar-refractivity contribution in [2.24, 2.45) is 0 Å². The second-order valence-electron chi connectivity index (χ2n) is 5.85. The Morgan fingerprint density at radius 2 is 1.89 bits per heavy atom. The van der Waals surface area contributed by atoms with Gasteiger partial charge in [-0.3, -0.25) is 0 Å². The van der Waals surface area contributed by atoms with Gasteiger partial charge in [0, 0.05) is 24.3 Å². The number of ether oxygens (including phenoxy) is 1. The summed E-state index contributed by atoms with van der Waals surface area (Å²) in [7, 11) is 0. The number of pyridine rings is 1. The van der Waals surface area contributed by atoms with Crippen molar-refractivity contribution in [2.45, 2.75) is 70.1 Å². The van der Waals surface area contributed by atoms with Gasteiger partial charge in [-0.05, 0) is 44.6 Å². The van der Waals surface area contributed by atoms with Crippen LogP contribution in [0.25, 0.3) is 0 Å². The molecule has 2 saturated carbocycles. The number of rotatable bonds is 5. The molecule has 2 aliphatic carbocycles. The lowest BCUT2D eigenvalue weighted by molar-refractivity contribution is 0.174. The Balaban J connectivity index is 1.61. The average Bonchev–Trinajstić information content (AvgIpc) is 3.25. The molecule has 1 aromatic heterocycles. The minimum atomic E-state index is 0.372. The van der Waals surface area contributed by atoms with Crippen LogP contribution in [0.2, 0.25) is 0 Å². The fourth-order valence-corrected chi connectivity index (χ4v) is 2.72. The zero-order valence-electron chi connectivity index (χ0n) is 11.6. The molecular formula is C16H24N2O. The first kappa shape index (κ1) is 12.9. The molecule has 0 amide bonds. The smallest absolute Gasteiger partial charge is 0.218 e. The molecular weight excluding hydrogens is 236 g/mol. The Hall–Kier alpha value is -1.09. The minimum absolute atomic E-state index is 0.372. The van der Waals surface area contributed by atoms with E-state index in [1.807, 2.05) is 12.3 Å². The van der Waals surface area contributed by atoms with Crippen LogP contribution in [-0.4, -0.2) is 17.1 Å². The summed E-state index contributed by atoms with van der Waals surface area (Å²) < 4.78 is 6.17. The van der Waals surface area contributed by atoms with Crippen molar-refractivity contribution in [3.8, 4) is 5.88 Å². The lowest BCUT2D eigenvalue weighted by atomic mass is 10.1. The molecule has 0 saturated heterocycles. The standard InChI is InChI=1S/C16H24N2O/c1-2-4-8-15(7-3-1)19-16-13(6-5-11-17-16)12-18-14-9-10-14/h5-6,11,14-15,18H,1-4,7-10,12H2. The normalized spacial score (nSPS) is 21.1. The summed E-state index contributed by atoms with van der Waals surface area (Å²) in [6.45, 7) is 0.889. The van der Waals surface area contributed by atoms with Crippen LogP contribution in [0.5, 0.6) is 5.88 Å². The van der Waals surface area contributed by atoms with Gasteiger partial charge in [0.1, 0.15) is 6.10 Å². The quantitative estimate of drug-likeness (QED) is 0.824. The number of nitrogens with zero attached hydrogens (tertiary/aromatic N) is 1. The van der Waals surface area contributed by atoms with E-state index >= 15 is 0 Å². The summed E-state index contributed by atoms with van der Waals surface area (Å²) in [5.74, 6) is 0.850. The minimum Gasteiger partial charge on any atom is -0.474 e. The van der Waals surface area contributed by atoms with Gasteiger partial charge in [0.2, 0.25) is 5.88 Å². The van der Waals surface area contributed by atoms with Crippen LogP contribution < -0.4 is 10.1 Å². The molecule has 0 spiro atoms. The monoisotopic (exact) mass is 260 g/mol. The van der Waals surface area contributed by atoms with E-state index in [0.29, 0.717) is 6.10 Å². The van der Waals surface area contributed by atoms with Gasteiger partial charge in [0.25, 0.3) is 0 Å². The van der Waals surface area contributed by atoms with E-state index in [-0.39, 0.29) is 0 Å². The Morgan fingerprint density at radius 3 is 2.63 bits per heavy atom. The topological polar surface area (TPSA) is 34.1 Å². The Kier molecular flexibility index (Phi) is 4.34. The zero-order chi connectivity index (χ0) is 12.9. The first-order valence-corrected chi connectivity index (χ1v) is 7.76. The maximum absolute atomic E-state index is 6.17. The molecule has 0 unspecified atom stereocenters. The van der Waals surface area contributed by atoms with Crippen LogP contribution in [-0.2, 0) is 6.54 Å². The molecule has 2 aliphatic rings. The van der Waals surface area contributed by atoms with Crippen molar-refractivity contribution in [3.63, 3.8) is 0 Å². The largest absolute Gasteiger partial charge is 0.474 e. The van der Waals surface area contributed by atoms with Crippen LogP contribution in [0, 0.1) is 0 Å². The SMILES string of the molecule is c1cnc(OC2CCCCCC2)c(CNC2CC2)c1. The number of hydrogen-bond donors (Lipinski definition) is 1. The molecule has 3 nitrogen and oxygen atoms in total. The van der Waals surface area contributed by atoms with Crippen molar-refractivity contribution in [3.05, 3.63) is 23.9 Å². The summed E-state index contributed by atoms with van der Waals surface area (Å²) >= 11 is 0. The van der Waals surface area contributed by atoms with Crippen molar-refractivity contribution >= 4 is 0 Å². The number of aromatic nitrogens is 1. The Labute approximate surface area is 115 Å². The predicted molar refractivity (Wildman–Crippen MR) is 76.2 cm³/mol. The third-order valence-electron chi connectivity index (χ3n) is 4.09. The van der Waals surface area contributed by atoms with Crippen LogP contribution in [0.15, 0.2) is 18.3 Å². The fraction of sp³-hybridized carbons (Fsp3) is 0.688. The summed E-state index contributed by atoms with van der Waals surface area (Å²) in [5, 5.41) is 3.54. The van der Waals surface area contributed by atoms with E-state index in [2.05, 4.69) is 16.4 Å². The summed E-state index contributed by atoms with van der Waals surface area (Å²) in [5.41, 5.74) is 1.21. The van der Waals surface area contributed by atoms with E-state index in [0.717, 1.165) is 18.5 Å². The van der Waals surface area contributed by atoms with Gasteiger partial charge in [-0.2, -0.15) is 0 Å². The van der Waals surface area contributed by atoms with E-state index in [1.165, 1.54) is 56.9 Å². The molecule has 0 bridgehead atoms. The molecule has 3 rings (SSSR count). The van der Waals surface area contributed by atoms with Crippen LogP contribution >= 0.6 is 0 Å². The Bertz CT molecular complexity index is 395. The van der Waals surface area contributed by atoms with E-state index in [4.69, 9.17) is 4.74 Å². The van der Waals surface area contributed by atoms with Gasteiger partial charge in [0.15, 0.2) is 0 Å². The van der Waals surface area contributed by atoms with E-state index in [1.54, 1.807) is 0 Å². The first-order valence-electron chi connectivity index (χ1n) is 7.76. The highest BCUT2D eigenvalue weighted by Crippen LogP contribution is 2.25. The first-order chi connectivity index (χ1) is 9.42. The highest BCUT2D eigenvalue weighted by Gasteiger charge is 2.21. The maximum Gasteiger partial charge on any atom is 0.218 e. The van der Waals surface area contributed by atoms with E-state index in [9.17, 15) is 0 Å². The van der Waals surface area contributed by atoms with Crippen LogP contribution in [0.3, 0.4) is 0 Å². The summed E-state index contributed by atoms with van der Waals surface area (Å²) in [4.78, 5) is 4.44. The van der Waals surface area contributed by atoms with Gasteiger partial charge in [0.05, 0.1) is 0 Å². The molecule has 0 aromatic carbocycles. The molecule has 0 radical (unpaired) electrons. The lowest BCUT2D eigenvalue weighted by Gasteiger charge is -2.18. The van der Waals surface area contributed by atoms with Crippen molar-refractivity contribution in [1.29, 1.82) is 0 Å². The third kappa shape index (κ3) is 3.93. The maximum atomic E-state index is 6.17. The van der Waals surface area contributed by atoms with E-state index < -0.39 is 0 Å². The van der Waals surface area contributed by atoms with Gasteiger partial charge < -0.3 is 10.1 Å². The Morgan fingerprint density at radius 1 is 1.11 bits per heavy atom. The fourth-order valence-electron chi connectivity index (χ4n) is 2.72. The van der Waals surface area contributed by atoms with Gasteiger partial charge in [-0.1, -0.05) is 18.9 Å². The molecule has 0 atom stereocenters. The summed E-state index contributed by atoms with van der Waals surface area (Å²) in [6, 6.07) is 4.86. The highest BCUT2D eigenvalue weighted by molar-refractivity contribution is 5.25. The predicted octanol–water partition coefficient (Wildman–Crippen LogP) is 3.44. The number of nitrogens with one attached hydrogen (secondary N) is 1. The second kappa shape index (κ2) is 6.38. The zero-order valence-corrected chi connectivity index (χ0v) is 11.6. The lowest BCUT2D eigenvalue weighted by Crippen LogP contribution is -2.20. The van der Waals surface area contributed by atoms with Crippen molar-refractivity contribution in [1.82, 2.24) is 10.3 Å². The molecule has 19 heavy (non-hydrogen) atoms. The van der Waals surface area contributed by atoms with Gasteiger partial charge in [-0.25, -0.2) is 4.98 Å². The van der Waals surface area contributed by atoms with Gasteiger partial charge >= 0.3 is 0 Å². The highest BCUT2D eigenvalue weighted by atomic mass is 16.5.